The summed E-state index contributed by atoms with van der Waals surface area (Å²) >= 11 is 7.41. The average molecular weight is 343 g/mol. The van der Waals surface area contributed by atoms with Crippen LogP contribution in [0.2, 0.25) is 5.02 Å². The van der Waals surface area contributed by atoms with Gasteiger partial charge in [-0.1, -0.05) is 53.3 Å². The second-order valence-corrected chi connectivity index (χ2v) is 6.38. The normalized spacial score (nSPS) is 11.7. The monoisotopic (exact) mass is 342 g/mol. The highest BCUT2D eigenvalue weighted by molar-refractivity contribution is 7.12. The molecular formula is C18H15ClN2OS. The molecule has 23 heavy (non-hydrogen) atoms. The molecule has 0 unspecified atom stereocenters. The van der Waals surface area contributed by atoms with Gasteiger partial charge in [-0.2, -0.15) is 0 Å². The molecule has 0 saturated carbocycles. The number of benzene rings is 2. The van der Waals surface area contributed by atoms with Gasteiger partial charge in [-0.3, -0.25) is 9.36 Å². The minimum Gasteiger partial charge on any atom is -0.285 e. The van der Waals surface area contributed by atoms with Crippen LogP contribution in [0.25, 0.3) is 10.4 Å². The van der Waals surface area contributed by atoms with Crippen LogP contribution >= 0.6 is 22.9 Å². The van der Waals surface area contributed by atoms with Crippen molar-refractivity contribution in [1.29, 1.82) is 0 Å². The Bertz CT molecular complexity index is 928. The Kier molecular flexibility index (Phi) is 4.74. The Morgan fingerprint density at radius 2 is 1.78 bits per heavy atom. The zero-order valence-corrected chi connectivity index (χ0v) is 14.1. The topological polar surface area (TPSA) is 34.4 Å². The van der Waals surface area contributed by atoms with Gasteiger partial charge in [0.2, 0.25) is 0 Å². The third-order valence-corrected chi connectivity index (χ3v) is 4.70. The Morgan fingerprint density at radius 1 is 1.09 bits per heavy atom. The van der Waals surface area contributed by atoms with Gasteiger partial charge in [0.05, 0.1) is 5.69 Å². The molecule has 1 heterocycles. The zero-order valence-electron chi connectivity index (χ0n) is 12.6. The fourth-order valence-corrected chi connectivity index (χ4v) is 3.43. The number of hydrogen-bond donors (Lipinski definition) is 0. The van der Waals surface area contributed by atoms with Crippen molar-refractivity contribution < 1.29 is 0 Å². The molecule has 0 radical (unpaired) electrons. The van der Waals surface area contributed by atoms with Gasteiger partial charge >= 0.3 is 0 Å². The van der Waals surface area contributed by atoms with Crippen molar-refractivity contribution in [3.05, 3.63) is 80.8 Å². The van der Waals surface area contributed by atoms with E-state index in [2.05, 4.69) is 4.99 Å². The molecule has 2 aromatic carbocycles. The van der Waals surface area contributed by atoms with Crippen molar-refractivity contribution in [2.24, 2.45) is 4.99 Å². The summed E-state index contributed by atoms with van der Waals surface area (Å²) in [5.41, 5.74) is 1.75. The Labute approximate surface area is 143 Å². The first kappa shape index (κ1) is 15.7. The molecule has 3 rings (SSSR count). The van der Waals surface area contributed by atoms with E-state index in [-0.39, 0.29) is 5.56 Å². The molecule has 3 aromatic rings. The number of halogens is 1. The maximum atomic E-state index is 12.4. The SMILES string of the molecule is CCn1c(=O)cc(-c2ccccc2)sc1=Nc1ccc(Cl)cc1. The van der Waals surface area contributed by atoms with Gasteiger partial charge in [-0.05, 0) is 36.8 Å². The second-order valence-electron chi connectivity index (χ2n) is 4.93. The molecule has 5 heteroatoms. The molecule has 0 amide bonds. The summed E-state index contributed by atoms with van der Waals surface area (Å²) in [5, 5.41) is 0.665. The fourth-order valence-electron chi connectivity index (χ4n) is 2.21. The Hall–Kier alpha value is -2.17. The fraction of sp³-hybridized carbons (Fsp3) is 0.111. The average Bonchev–Trinajstić information content (AvgIpc) is 2.57. The van der Waals surface area contributed by atoms with Crippen LogP contribution in [0.4, 0.5) is 5.69 Å². The molecule has 0 saturated heterocycles. The van der Waals surface area contributed by atoms with Crippen LogP contribution in [0.5, 0.6) is 0 Å². The lowest BCUT2D eigenvalue weighted by molar-refractivity contribution is 0.703. The van der Waals surface area contributed by atoms with Gasteiger partial charge in [0.1, 0.15) is 0 Å². The van der Waals surface area contributed by atoms with Gasteiger partial charge in [-0.25, -0.2) is 4.99 Å². The second kappa shape index (κ2) is 6.94. The van der Waals surface area contributed by atoms with Crippen LogP contribution in [-0.2, 0) is 6.54 Å². The first-order chi connectivity index (χ1) is 11.2. The number of nitrogens with zero attached hydrogens (tertiary/aromatic N) is 2. The van der Waals surface area contributed by atoms with Crippen LogP contribution in [0.1, 0.15) is 6.92 Å². The maximum Gasteiger partial charge on any atom is 0.254 e. The molecule has 0 N–H and O–H groups in total. The summed E-state index contributed by atoms with van der Waals surface area (Å²) in [5.74, 6) is 0. The van der Waals surface area contributed by atoms with E-state index in [1.54, 1.807) is 22.8 Å². The highest BCUT2D eigenvalue weighted by atomic mass is 35.5. The minimum atomic E-state index is -0.0437. The minimum absolute atomic E-state index is 0.0437. The van der Waals surface area contributed by atoms with E-state index in [0.717, 1.165) is 16.1 Å². The number of hydrogen-bond acceptors (Lipinski definition) is 3. The van der Waals surface area contributed by atoms with Gasteiger partial charge in [0, 0.05) is 22.5 Å². The van der Waals surface area contributed by atoms with Crippen LogP contribution in [0.3, 0.4) is 0 Å². The summed E-state index contributed by atoms with van der Waals surface area (Å²) in [6.45, 7) is 2.52. The molecule has 0 atom stereocenters. The van der Waals surface area contributed by atoms with E-state index >= 15 is 0 Å². The first-order valence-electron chi connectivity index (χ1n) is 7.28. The highest BCUT2D eigenvalue weighted by Gasteiger charge is 2.05. The molecule has 0 fully saturated rings. The molecule has 3 nitrogen and oxygen atoms in total. The van der Waals surface area contributed by atoms with E-state index in [4.69, 9.17) is 11.6 Å². The van der Waals surface area contributed by atoms with Crippen molar-refractivity contribution in [2.75, 3.05) is 0 Å². The molecule has 0 aliphatic heterocycles. The lowest BCUT2D eigenvalue weighted by Crippen LogP contribution is -2.30. The predicted molar refractivity (Wildman–Crippen MR) is 96.4 cm³/mol. The molecule has 1 aromatic heterocycles. The molecule has 0 aliphatic carbocycles. The quantitative estimate of drug-likeness (QED) is 0.691. The lowest BCUT2D eigenvalue weighted by atomic mass is 10.2. The summed E-state index contributed by atoms with van der Waals surface area (Å²) in [6, 6.07) is 18.8. The van der Waals surface area contributed by atoms with Crippen molar-refractivity contribution in [3.63, 3.8) is 0 Å². The van der Waals surface area contributed by atoms with E-state index < -0.39 is 0 Å². The van der Waals surface area contributed by atoms with E-state index in [9.17, 15) is 4.79 Å². The summed E-state index contributed by atoms with van der Waals surface area (Å²) in [4.78, 5) is 18.6. The lowest BCUT2D eigenvalue weighted by Gasteiger charge is -2.06. The maximum absolute atomic E-state index is 12.4. The third kappa shape index (κ3) is 3.60. The third-order valence-electron chi connectivity index (χ3n) is 3.38. The van der Waals surface area contributed by atoms with Crippen molar-refractivity contribution in [1.82, 2.24) is 4.57 Å². The van der Waals surface area contributed by atoms with Crippen LogP contribution in [-0.4, -0.2) is 4.57 Å². The van der Waals surface area contributed by atoms with E-state index in [0.29, 0.717) is 16.4 Å². The van der Waals surface area contributed by atoms with Gasteiger partial charge in [0.15, 0.2) is 4.80 Å². The van der Waals surface area contributed by atoms with Crippen molar-refractivity contribution in [3.8, 4) is 10.4 Å². The molecular weight excluding hydrogens is 328 g/mol. The molecule has 0 spiro atoms. The molecule has 0 bridgehead atoms. The largest absolute Gasteiger partial charge is 0.285 e. The summed E-state index contributed by atoms with van der Waals surface area (Å²) < 4.78 is 1.67. The van der Waals surface area contributed by atoms with Crippen LogP contribution in [0.15, 0.2) is 70.5 Å². The van der Waals surface area contributed by atoms with Crippen LogP contribution < -0.4 is 10.4 Å². The predicted octanol–water partition coefficient (Wildman–Crippen LogP) is 4.48. The van der Waals surface area contributed by atoms with E-state index in [1.165, 1.54) is 11.3 Å². The standard InChI is InChI=1S/C18H15ClN2OS/c1-2-21-17(22)12-16(13-6-4-3-5-7-13)23-18(21)20-15-10-8-14(19)9-11-15/h3-12H,2H2,1H3. The van der Waals surface area contributed by atoms with Crippen molar-refractivity contribution >= 4 is 28.6 Å². The van der Waals surface area contributed by atoms with E-state index in [1.807, 2.05) is 49.4 Å². The Morgan fingerprint density at radius 3 is 2.43 bits per heavy atom. The smallest absolute Gasteiger partial charge is 0.254 e. The molecule has 116 valence electrons. The summed E-state index contributed by atoms with van der Waals surface area (Å²) in [7, 11) is 0. The summed E-state index contributed by atoms with van der Waals surface area (Å²) in [6.07, 6.45) is 0. The molecule has 0 aliphatic rings. The van der Waals surface area contributed by atoms with Gasteiger partial charge in [0.25, 0.3) is 5.56 Å². The zero-order chi connectivity index (χ0) is 16.2. The van der Waals surface area contributed by atoms with Crippen LogP contribution in [0, 0.1) is 0 Å². The first-order valence-corrected chi connectivity index (χ1v) is 8.47. The number of rotatable bonds is 3. The number of aromatic nitrogens is 1. The van der Waals surface area contributed by atoms with Gasteiger partial charge < -0.3 is 0 Å². The highest BCUT2D eigenvalue weighted by Crippen LogP contribution is 2.20. The van der Waals surface area contributed by atoms with Crippen molar-refractivity contribution in [2.45, 2.75) is 13.5 Å². The van der Waals surface area contributed by atoms with Gasteiger partial charge in [-0.15, -0.1) is 0 Å². The Balaban J connectivity index is 2.20.